The molecule has 0 aliphatic rings. The zero-order valence-electron chi connectivity index (χ0n) is 30.3. The van der Waals surface area contributed by atoms with Gasteiger partial charge in [0.05, 0.1) is 16.6 Å². The molecule has 1 nitrogen and oxygen atoms in total. The summed E-state index contributed by atoms with van der Waals surface area (Å²) in [6, 6.07) is 70.4. The quantitative estimate of drug-likeness (QED) is 0.156. The molecule has 0 N–H and O–H groups in total. The summed E-state index contributed by atoms with van der Waals surface area (Å²) in [6.07, 6.45) is 0. The number of hydrogen-bond donors (Lipinski definition) is 0. The Hall–Kier alpha value is -7.00. The van der Waals surface area contributed by atoms with E-state index in [1.165, 1.54) is 124 Å². The summed E-state index contributed by atoms with van der Waals surface area (Å²) >= 11 is 1.90. The number of hydrogen-bond acceptors (Lipinski definition) is 1. The normalized spacial score (nSPS) is 12.3. The standard InChI is InChI=1S/C54H31NS/c1-2-13-33-30-34(27-26-32(33)12-1)50-38-15-3-5-17-40(38)51(41-18-6-4-16-39(41)50)35-28-29-47-45(31-35)44-22-9-21-43-42-20-11-25-49-53(42)52-37(19-10-24-48(52)56-49)36-14-7-8-23-46(36)55(47)54(43)44/h1-31H. The van der Waals surface area contributed by atoms with Gasteiger partial charge in [0.2, 0.25) is 0 Å². The van der Waals surface area contributed by atoms with E-state index in [-0.39, 0.29) is 0 Å². The van der Waals surface area contributed by atoms with Crippen LogP contribution in [0.15, 0.2) is 188 Å². The number of aromatic nitrogens is 1. The van der Waals surface area contributed by atoms with Gasteiger partial charge in [-0.25, -0.2) is 0 Å². The highest BCUT2D eigenvalue weighted by molar-refractivity contribution is 7.26. The molecule has 56 heavy (non-hydrogen) atoms. The molecule has 3 heterocycles. The highest BCUT2D eigenvalue weighted by Gasteiger charge is 2.21. The zero-order chi connectivity index (χ0) is 36.5. The van der Waals surface area contributed by atoms with Crippen molar-refractivity contribution in [3.63, 3.8) is 0 Å². The van der Waals surface area contributed by atoms with Crippen LogP contribution in [0, 0.1) is 0 Å². The molecule has 10 aromatic carbocycles. The highest BCUT2D eigenvalue weighted by Crippen LogP contribution is 2.47. The molecule has 258 valence electrons. The van der Waals surface area contributed by atoms with Crippen LogP contribution in [0.5, 0.6) is 0 Å². The molecule has 0 fully saturated rings. The van der Waals surface area contributed by atoms with E-state index >= 15 is 0 Å². The van der Waals surface area contributed by atoms with Crippen molar-refractivity contribution in [3.05, 3.63) is 188 Å². The second-order valence-corrected chi connectivity index (χ2v) is 16.2. The minimum Gasteiger partial charge on any atom is -0.308 e. The van der Waals surface area contributed by atoms with Crippen molar-refractivity contribution < 1.29 is 0 Å². The molecule has 0 aliphatic carbocycles. The van der Waals surface area contributed by atoms with Gasteiger partial charge in [0.15, 0.2) is 0 Å². The fourth-order valence-electron chi connectivity index (χ4n) is 10.00. The van der Waals surface area contributed by atoms with Crippen molar-refractivity contribution >= 4 is 113 Å². The number of nitrogens with zero attached hydrogens (tertiary/aromatic N) is 1. The van der Waals surface area contributed by atoms with Crippen LogP contribution in [-0.4, -0.2) is 4.40 Å². The number of para-hydroxylation sites is 2. The Kier molecular flexibility index (Phi) is 6.11. The van der Waals surface area contributed by atoms with Crippen LogP contribution in [0.4, 0.5) is 0 Å². The van der Waals surface area contributed by atoms with E-state index in [9.17, 15) is 0 Å². The van der Waals surface area contributed by atoms with Crippen LogP contribution >= 0.6 is 11.3 Å². The second-order valence-electron chi connectivity index (χ2n) is 15.1. The van der Waals surface area contributed by atoms with E-state index in [1.54, 1.807) is 0 Å². The minimum absolute atomic E-state index is 1.21. The van der Waals surface area contributed by atoms with E-state index in [2.05, 4.69) is 192 Å². The van der Waals surface area contributed by atoms with Gasteiger partial charge in [-0.2, -0.15) is 0 Å². The maximum atomic E-state index is 2.55. The Morgan fingerprint density at radius 2 is 0.768 bits per heavy atom. The molecule has 0 aliphatic heterocycles. The van der Waals surface area contributed by atoms with Gasteiger partial charge < -0.3 is 4.40 Å². The first-order valence-corrected chi connectivity index (χ1v) is 20.2. The molecular formula is C54H31NS. The van der Waals surface area contributed by atoms with Crippen molar-refractivity contribution in [1.82, 2.24) is 4.40 Å². The Balaban J connectivity index is 1.18. The largest absolute Gasteiger partial charge is 0.308 e. The Labute approximate surface area is 325 Å². The topological polar surface area (TPSA) is 4.41 Å². The lowest BCUT2D eigenvalue weighted by molar-refractivity contribution is 1.35. The average Bonchev–Trinajstić information content (AvgIpc) is 3.82. The SMILES string of the molecule is c1ccc2cc(-c3c4ccccc4c(-c4ccc5c(c4)c4cccc6c7cccc8sc9cccc(c%10ccccc%10n5c64)c9c87)c4ccccc34)ccc2c1. The molecule has 0 spiro atoms. The van der Waals surface area contributed by atoms with Gasteiger partial charge in [0, 0.05) is 41.7 Å². The fourth-order valence-corrected chi connectivity index (χ4v) is 11.2. The number of fused-ring (bicyclic) bond motifs is 10. The second kappa shape index (κ2) is 11.3. The van der Waals surface area contributed by atoms with Gasteiger partial charge in [-0.15, -0.1) is 11.3 Å². The number of benzene rings is 10. The van der Waals surface area contributed by atoms with Crippen molar-refractivity contribution in [3.8, 4) is 22.3 Å². The van der Waals surface area contributed by atoms with Gasteiger partial charge in [-0.3, -0.25) is 0 Å². The van der Waals surface area contributed by atoms with Crippen molar-refractivity contribution in [2.24, 2.45) is 0 Å². The molecular weight excluding hydrogens is 695 g/mol. The molecule has 0 unspecified atom stereocenters. The molecule has 0 saturated carbocycles. The van der Waals surface area contributed by atoms with Crippen LogP contribution in [-0.2, 0) is 0 Å². The highest BCUT2D eigenvalue weighted by atomic mass is 32.1. The molecule has 3 aromatic heterocycles. The van der Waals surface area contributed by atoms with Crippen LogP contribution in [0.25, 0.3) is 124 Å². The first-order chi connectivity index (χ1) is 27.8. The van der Waals surface area contributed by atoms with Gasteiger partial charge in [0.1, 0.15) is 0 Å². The van der Waals surface area contributed by atoms with Crippen LogP contribution in [0.2, 0.25) is 0 Å². The fraction of sp³-hybridized carbons (Fsp3) is 0. The van der Waals surface area contributed by atoms with Crippen molar-refractivity contribution in [2.75, 3.05) is 0 Å². The smallest absolute Gasteiger partial charge is 0.0619 e. The third-order valence-corrected chi connectivity index (χ3v) is 13.4. The van der Waals surface area contributed by atoms with Gasteiger partial charge in [-0.05, 0) is 102 Å². The van der Waals surface area contributed by atoms with Gasteiger partial charge >= 0.3 is 0 Å². The molecule has 0 saturated heterocycles. The Morgan fingerprint density at radius 1 is 0.304 bits per heavy atom. The Bertz CT molecular complexity index is 3770. The third-order valence-electron chi connectivity index (χ3n) is 12.3. The first kappa shape index (κ1) is 30.3. The summed E-state index contributed by atoms with van der Waals surface area (Å²) in [4.78, 5) is 0. The zero-order valence-corrected chi connectivity index (χ0v) is 31.1. The summed E-state index contributed by atoms with van der Waals surface area (Å²) in [5.41, 5.74) is 8.72. The predicted octanol–water partition coefficient (Wildman–Crippen LogP) is 15.7. The predicted molar refractivity (Wildman–Crippen MR) is 244 cm³/mol. The van der Waals surface area contributed by atoms with Crippen LogP contribution in [0.1, 0.15) is 0 Å². The maximum absolute atomic E-state index is 2.55. The van der Waals surface area contributed by atoms with E-state index in [0.717, 1.165) is 0 Å². The first-order valence-electron chi connectivity index (χ1n) is 19.3. The molecule has 2 heteroatoms. The van der Waals surface area contributed by atoms with E-state index < -0.39 is 0 Å². The van der Waals surface area contributed by atoms with E-state index in [4.69, 9.17) is 0 Å². The van der Waals surface area contributed by atoms with Gasteiger partial charge in [0.25, 0.3) is 0 Å². The minimum atomic E-state index is 1.21. The lowest BCUT2D eigenvalue weighted by Gasteiger charge is -2.18. The Morgan fingerprint density at radius 3 is 1.45 bits per heavy atom. The molecule has 0 atom stereocenters. The number of rotatable bonds is 2. The molecule has 0 bridgehead atoms. The average molecular weight is 726 g/mol. The summed E-state index contributed by atoms with van der Waals surface area (Å²) in [5.74, 6) is 0. The molecule has 0 amide bonds. The third kappa shape index (κ3) is 4.03. The molecule has 13 rings (SSSR count). The number of thiophene rings is 1. The van der Waals surface area contributed by atoms with Gasteiger partial charge in [-0.1, -0.05) is 152 Å². The van der Waals surface area contributed by atoms with E-state index in [1.807, 2.05) is 11.3 Å². The summed E-state index contributed by atoms with van der Waals surface area (Å²) in [5, 5.41) is 17.9. The molecule has 13 aromatic rings. The van der Waals surface area contributed by atoms with Crippen molar-refractivity contribution in [1.29, 1.82) is 0 Å². The monoisotopic (exact) mass is 725 g/mol. The van der Waals surface area contributed by atoms with E-state index in [0.29, 0.717) is 0 Å². The van der Waals surface area contributed by atoms with Crippen molar-refractivity contribution in [2.45, 2.75) is 0 Å². The van der Waals surface area contributed by atoms with Crippen LogP contribution < -0.4 is 0 Å². The maximum Gasteiger partial charge on any atom is 0.0619 e. The summed E-state index contributed by atoms with van der Waals surface area (Å²) in [7, 11) is 0. The summed E-state index contributed by atoms with van der Waals surface area (Å²) in [6.45, 7) is 0. The lowest BCUT2D eigenvalue weighted by atomic mass is 9.85. The molecule has 0 radical (unpaired) electrons. The van der Waals surface area contributed by atoms with Crippen LogP contribution in [0.3, 0.4) is 0 Å². The summed E-state index contributed by atoms with van der Waals surface area (Å²) < 4.78 is 5.21. The lowest BCUT2D eigenvalue weighted by Crippen LogP contribution is -1.91.